The molecule has 0 amide bonds. The van der Waals surface area contributed by atoms with Crippen molar-refractivity contribution in [1.82, 2.24) is 15.0 Å². The van der Waals surface area contributed by atoms with Crippen LogP contribution in [0.1, 0.15) is 5.56 Å². The van der Waals surface area contributed by atoms with Crippen LogP contribution in [0.3, 0.4) is 0 Å². The number of anilines is 3. The van der Waals surface area contributed by atoms with Gasteiger partial charge in [-0.3, -0.25) is 0 Å². The Bertz CT molecular complexity index is 1800. The van der Waals surface area contributed by atoms with E-state index in [9.17, 15) is 5.26 Å². The topological polar surface area (TPSA) is 74.9 Å². The molecular formula is C34H21N5O. The van der Waals surface area contributed by atoms with Crippen molar-refractivity contribution in [2.24, 2.45) is 0 Å². The summed E-state index contributed by atoms with van der Waals surface area (Å²) in [6.07, 6.45) is 0. The molecule has 0 radical (unpaired) electrons. The zero-order chi connectivity index (χ0) is 26.9. The summed E-state index contributed by atoms with van der Waals surface area (Å²) in [6.45, 7) is 0. The van der Waals surface area contributed by atoms with Gasteiger partial charge in [-0.05, 0) is 42.5 Å². The zero-order valence-corrected chi connectivity index (χ0v) is 21.3. The van der Waals surface area contributed by atoms with Crippen molar-refractivity contribution in [3.63, 3.8) is 0 Å². The van der Waals surface area contributed by atoms with Crippen LogP contribution < -0.4 is 9.64 Å². The van der Waals surface area contributed by atoms with Crippen LogP contribution in [0.5, 0.6) is 11.5 Å². The number of aromatic nitrogens is 3. The van der Waals surface area contributed by atoms with E-state index in [1.165, 1.54) is 0 Å². The Balaban J connectivity index is 1.50. The molecule has 40 heavy (non-hydrogen) atoms. The molecule has 5 aromatic carbocycles. The van der Waals surface area contributed by atoms with Gasteiger partial charge in [0.25, 0.3) is 0 Å². The zero-order valence-electron chi connectivity index (χ0n) is 21.3. The number of ether oxygens (including phenoxy) is 1. The maximum Gasteiger partial charge on any atom is 0.166 e. The molecule has 1 aliphatic heterocycles. The molecule has 0 aliphatic carbocycles. The van der Waals surface area contributed by atoms with Crippen molar-refractivity contribution in [3.05, 3.63) is 133 Å². The Kier molecular flexibility index (Phi) is 5.73. The first-order valence-electron chi connectivity index (χ1n) is 12.9. The number of benzene rings is 5. The Morgan fingerprint density at radius 1 is 0.525 bits per heavy atom. The summed E-state index contributed by atoms with van der Waals surface area (Å²) >= 11 is 0. The Morgan fingerprint density at radius 2 is 1.02 bits per heavy atom. The first-order chi connectivity index (χ1) is 19.8. The summed E-state index contributed by atoms with van der Waals surface area (Å²) < 4.78 is 6.24. The average molecular weight is 516 g/mol. The van der Waals surface area contributed by atoms with Crippen LogP contribution in [0.4, 0.5) is 17.1 Å². The maximum atomic E-state index is 9.85. The maximum absolute atomic E-state index is 9.85. The molecule has 0 fully saturated rings. The van der Waals surface area contributed by atoms with Crippen LogP contribution in [-0.2, 0) is 0 Å². The highest BCUT2D eigenvalue weighted by Crippen LogP contribution is 2.52. The summed E-state index contributed by atoms with van der Waals surface area (Å²) in [6, 6.07) is 43.4. The summed E-state index contributed by atoms with van der Waals surface area (Å²) in [4.78, 5) is 16.9. The van der Waals surface area contributed by atoms with E-state index in [1.807, 2.05) is 127 Å². The molecule has 7 rings (SSSR count). The number of fused-ring (bicyclic) bond motifs is 2. The molecule has 6 aromatic rings. The smallest absolute Gasteiger partial charge is 0.166 e. The van der Waals surface area contributed by atoms with Gasteiger partial charge in [0.15, 0.2) is 29.0 Å². The highest BCUT2D eigenvalue weighted by Gasteiger charge is 2.28. The molecule has 0 N–H and O–H groups in total. The third-order valence-corrected chi connectivity index (χ3v) is 6.74. The van der Waals surface area contributed by atoms with Gasteiger partial charge >= 0.3 is 0 Å². The van der Waals surface area contributed by atoms with Crippen molar-refractivity contribution >= 4 is 17.1 Å². The predicted octanol–water partition coefficient (Wildman–Crippen LogP) is 8.32. The third kappa shape index (κ3) is 4.12. The van der Waals surface area contributed by atoms with Crippen molar-refractivity contribution in [2.45, 2.75) is 0 Å². The number of nitriles is 1. The molecule has 0 saturated heterocycles. The molecule has 188 valence electrons. The normalized spacial score (nSPS) is 11.6. The summed E-state index contributed by atoms with van der Waals surface area (Å²) in [5.41, 5.74) is 5.57. The molecule has 6 nitrogen and oxygen atoms in total. The van der Waals surface area contributed by atoms with Crippen molar-refractivity contribution in [3.8, 4) is 51.7 Å². The molecule has 0 bridgehead atoms. The van der Waals surface area contributed by atoms with E-state index in [1.54, 1.807) is 0 Å². The van der Waals surface area contributed by atoms with Gasteiger partial charge in [-0.15, -0.1) is 0 Å². The SMILES string of the molecule is N#Cc1ccc(N2c3ccccc3Oc3ccccc32)c(-c2nc(-c3ccccc3)nc(-c3ccccc3)n2)c1. The van der Waals surface area contributed by atoms with Gasteiger partial charge in [-0.2, -0.15) is 5.26 Å². The molecule has 1 aromatic heterocycles. The van der Waals surface area contributed by atoms with E-state index in [0.717, 1.165) is 39.7 Å². The van der Waals surface area contributed by atoms with Crippen LogP contribution in [0.25, 0.3) is 34.2 Å². The van der Waals surface area contributed by atoms with Gasteiger partial charge in [-0.1, -0.05) is 84.9 Å². The molecule has 0 saturated carbocycles. The van der Waals surface area contributed by atoms with Gasteiger partial charge in [0.05, 0.1) is 28.7 Å². The van der Waals surface area contributed by atoms with E-state index in [4.69, 9.17) is 19.7 Å². The average Bonchev–Trinajstić information content (AvgIpc) is 3.04. The minimum absolute atomic E-state index is 0.473. The van der Waals surface area contributed by atoms with Crippen LogP contribution in [-0.4, -0.2) is 15.0 Å². The number of nitrogens with zero attached hydrogens (tertiary/aromatic N) is 5. The molecule has 1 aliphatic rings. The van der Waals surface area contributed by atoms with Crippen molar-refractivity contribution in [2.75, 3.05) is 4.90 Å². The first-order valence-corrected chi connectivity index (χ1v) is 12.9. The molecule has 0 unspecified atom stereocenters. The fourth-order valence-electron chi connectivity index (χ4n) is 4.87. The highest BCUT2D eigenvalue weighted by molar-refractivity contribution is 5.92. The summed E-state index contributed by atoms with van der Waals surface area (Å²) in [5.74, 6) is 3.06. The van der Waals surface area contributed by atoms with E-state index < -0.39 is 0 Å². The second-order valence-corrected chi connectivity index (χ2v) is 9.25. The second-order valence-electron chi connectivity index (χ2n) is 9.25. The van der Waals surface area contributed by atoms with Gasteiger partial charge in [0, 0.05) is 16.7 Å². The summed E-state index contributed by atoms with van der Waals surface area (Å²) in [5, 5.41) is 9.85. The predicted molar refractivity (Wildman–Crippen MR) is 156 cm³/mol. The van der Waals surface area contributed by atoms with E-state index in [2.05, 4.69) is 11.0 Å². The third-order valence-electron chi connectivity index (χ3n) is 6.74. The minimum atomic E-state index is 0.473. The molecule has 2 heterocycles. The van der Waals surface area contributed by atoms with Gasteiger partial charge in [-0.25, -0.2) is 15.0 Å². The molecular weight excluding hydrogens is 494 g/mol. The van der Waals surface area contributed by atoms with Crippen molar-refractivity contribution < 1.29 is 4.74 Å². The molecule has 6 heteroatoms. The standard InChI is InChI=1S/C34H21N5O/c35-22-23-19-20-27(39-28-15-7-9-17-30(28)40-31-18-10-8-16-29(31)39)26(21-23)34-37-32(24-11-3-1-4-12-24)36-33(38-34)25-13-5-2-6-14-25/h1-21H. The Labute approximate surface area is 231 Å². The largest absolute Gasteiger partial charge is 0.453 e. The van der Waals surface area contributed by atoms with E-state index >= 15 is 0 Å². The first kappa shape index (κ1) is 23.3. The number of rotatable bonds is 4. The van der Waals surface area contributed by atoms with Crippen LogP contribution in [0.2, 0.25) is 0 Å². The Morgan fingerprint density at radius 3 is 1.57 bits per heavy atom. The number of hydrogen-bond acceptors (Lipinski definition) is 6. The summed E-state index contributed by atoms with van der Waals surface area (Å²) in [7, 11) is 0. The van der Waals surface area contributed by atoms with Crippen LogP contribution >= 0.6 is 0 Å². The van der Waals surface area contributed by atoms with Crippen LogP contribution in [0, 0.1) is 11.3 Å². The monoisotopic (exact) mass is 515 g/mol. The van der Waals surface area contributed by atoms with Crippen molar-refractivity contribution in [1.29, 1.82) is 5.26 Å². The lowest BCUT2D eigenvalue weighted by Gasteiger charge is -2.33. The van der Waals surface area contributed by atoms with Crippen LogP contribution in [0.15, 0.2) is 127 Å². The fourth-order valence-corrected chi connectivity index (χ4v) is 4.87. The van der Waals surface area contributed by atoms with Gasteiger partial charge in [0.1, 0.15) is 0 Å². The van der Waals surface area contributed by atoms with Gasteiger partial charge in [0.2, 0.25) is 0 Å². The second kappa shape index (κ2) is 9.82. The lowest BCUT2D eigenvalue weighted by molar-refractivity contribution is 0.477. The fraction of sp³-hybridized carbons (Fsp3) is 0. The van der Waals surface area contributed by atoms with E-state index in [0.29, 0.717) is 28.6 Å². The van der Waals surface area contributed by atoms with Gasteiger partial charge < -0.3 is 9.64 Å². The molecule has 0 atom stereocenters. The number of hydrogen-bond donors (Lipinski definition) is 0. The lowest BCUT2D eigenvalue weighted by Crippen LogP contribution is -2.17. The molecule has 0 spiro atoms. The Hall–Kier alpha value is -5.80. The number of para-hydroxylation sites is 4. The minimum Gasteiger partial charge on any atom is -0.453 e. The highest BCUT2D eigenvalue weighted by atomic mass is 16.5. The quantitative estimate of drug-likeness (QED) is 0.235. The lowest BCUT2D eigenvalue weighted by atomic mass is 10.0. The van der Waals surface area contributed by atoms with E-state index in [-0.39, 0.29) is 0 Å².